The van der Waals surface area contributed by atoms with Gasteiger partial charge in [-0.3, -0.25) is 0 Å². The molecule has 0 aromatic heterocycles. The minimum absolute atomic E-state index is 0. The summed E-state index contributed by atoms with van der Waals surface area (Å²) >= 11 is 0.958. The van der Waals surface area contributed by atoms with Gasteiger partial charge in [-0.2, -0.15) is 0 Å². The SMILES string of the molecule is [GeH3+].[SH-].[S]=[GaH]. The molecule has 0 heterocycles. The third-order valence-electron chi connectivity index (χ3n) is 0. The molecule has 0 rings (SSSR count). The molecule has 0 amide bonds. The van der Waals surface area contributed by atoms with Gasteiger partial charge in [-0.05, 0) is 0 Å². The average Bonchev–Trinajstić information content (AvgIpc) is 1.00. The molecule has 0 aliphatic carbocycles. The molecule has 0 aliphatic heterocycles. The zero-order valence-electron chi connectivity index (χ0n) is 2.56. The van der Waals surface area contributed by atoms with E-state index in [0.29, 0.717) is 0 Å². The fraction of sp³-hybridized carbons (Fsp3) is 0. The summed E-state index contributed by atoms with van der Waals surface area (Å²) in [7, 11) is 4.21. The van der Waals surface area contributed by atoms with E-state index in [9.17, 15) is 0 Å². The van der Waals surface area contributed by atoms with Crippen molar-refractivity contribution in [2.75, 3.05) is 0 Å². The summed E-state index contributed by atoms with van der Waals surface area (Å²) in [5, 5.41) is 0. The van der Waals surface area contributed by atoms with Crippen molar-refractivity contribution >= 4 is 58.0 Å². The van der Waals surface area contributed by atoms with Gasteiger partial charge in [-0.15, -0.1) is 0 Å². The van der Waals surface area contributed by atoms with Crippen molar-refractivity contribution in [1.29, 1.82) is 0 Å². The topological polar surface area (TPSA) is 0 Å². The van der Waals surface area contributed by atoms with E-state index in [-0.39, 0.29) is 31.1 Å². The Bertz CT molecular complexity index is 6.00. The maximum atomic E-state index is 4.21. The Morgan fingerprint density at radius 1 is 1.25 bits per heavy atom. The molecule has 0 nitrogen and oxygen atoms in total. The molecule has 0 saturated heterocycles. The summed E-state index contributed by atoms with van der Waals surface area (Å²) in [6.45, 7) is 0. The van der Waals surface area contributed by atoms with Crippen LogP contribution >= 0.6 is 10.1 Å². The Morgan fingerprint density at radius 3 is 1.25 bits per heavy atom. The molecule has 0 aromatic rings. The van der Waals surface area contributed by atoms with Gasteiger partial charge in [0.1, 0.15) is 0 Å². The number of hydrogen-bond donors (Lipinski definition) is 0. The second kappa shape index (κ2) is 21.8. The van der Waals surface area contributed by atoms with Crippen LogP contribution in [0.5, 0.6) is 0 Å². The molecular formula is H5GaGeS2. The van der Waals surface area contributed by atoms with Crippen LogP contribution in [-0.4, -0.2) is 34.4 Å². The van der Waals surface area contributed by atoms with E-state index in [1.54, 1.807) is 0 Å². The molecule has 4 heavy (non-hydrogen) atoms. The van der Waals surface area contributed by atoms with Crippen LogP contribution < -0.4 is 0 Å². The van der Waals surface area contributed by atoms with Gasteiger partial charge in [0.15, 0.2) is 0 Å². The number of hydrogen-bond acceptors (Lipinski definition) is 2. The predicted octanol–water partition coefficient (Wildman–Crippen LogP) is -1.45. The molecule has 0 spiro atoms. The predicted molar refractivity (Wildman–Crippen MR) is 33.4 cm³/mol. The Labute approximate surface area is 57.6 Å². The summed E-state index contributed by atoms with van der Waals surface area (Å²) in [6, 6.07) is 0. The molecule has 0 aromatic carbocycles. The van der Waals surface area contributed by atoms with Crippen molar-refractivity contribution in [3.63, 3.8) is 0 Å². The molecular weight excluding hydrogens is 206 g/mol. The van der Waals surface area contributed by atoms with Crippen LogP contribution in [0.1, 0.15) is 0 Å². The Morgan fingerprint density at radius 2 is 1.25 bits per heavy atom. The molecule has 0 aliphatic rings. The van der Waals surface area contributed by atoms with Crippen molar-refractivity contribution in [2.24, 2.45) is 0 Å². The van der Waals surface area contributed by atoms with Crippen molar-refractivity contribution in [2.45, 2.75) is 0 Å². The fourth-order valence-corrected chi connectivity index (χ4v) is 0. The normalized spacial score (nSPS) is 0.750. The van der Waals surface area contributed by atoms with Crippen molar-refractivity contribution in [3.05, 3.63) is 0 Å². The molecule has 0 unspecified atom stereocenters. The summed E-state index contributed by atoms with van der Waals surface area (Å²) < 4.78 is 0. The van der Waals surface area contributed by atoms with E-state index in [2.05, 4.69) is 10.1 Å². The van der Waals surface area contributed by atoms with Crippen LogP contribution in [0.25, 0.3) is 0 Å². The molecule has 0 atom stereocenters. The quantitative estimate of drug-likeness (QED) is 0.273. The molecule has 0 N–H and O–H groups in total. The van der Waals surface area contributed by atoms with E-state index in [0.717, 1.165) is 16.8 Å². The minimum atomic E-state index is 0. The zero-order chi connectivity index (χ0) is 2.00. The van der Waals surface area contributed by atoms with Crippen LogP contribution in [0, 0.1) is 0 Å². The molecule has 4 heteroatoms. The molecule has 0 radical (unpaired) electrons. The van der Waals surface area contributed by atoms with Gasteiger partial charge < -0.3 is 13.5 Å². The van der Waals surface area contributed by atoms with Crippen molar-refractivity contribution in [1.82, 2.24) is 0 Å². The van der Waals surface area contributed by atoms with E-state index >= 15 is 0 Å². The number of rotatable bonds is 0. The van der Waals surface area contributed by atoms with Crippen LogP contribution in [0.3, 0.4) is 0 Å². The molecule has 24 valence electrons. The second-order valence-corrected chi connectivity index (χ2v) is 0. The summed E-state index contributed by atoms with van der Waals surface area (Å²) in [4.78, 5) is 0. The van der Waals surface area contributed by atoms with Crippen LogP contribution in [-0.2, 0) is 13.5 Å². The Balaban J connectivity index is -0.00000000500. The maximum absolute atomic E-state index is 4.21. The summed E-state index contributed by atoms with van der Waals surface area (Å²) in [5.41, 5.74) is 0. The van der Waals surface area contributed by atoms with Gasteiger partial charge in [0, 0.05) is 0 Å². The first-order valence-electron chi connectivity index (χ1n) is 0.289. The zero-order valence-corrected chi connectivity index (χ0v) is 11.4. The fourth-order valence-electron chi connectivity index (χ4n) is 0. The van der Waals surface area contributed by atoms with Gasteiger partial charge in [0.25, 0.3) is 0 Å². The molecule has 0 saturated carbocycles. The van der Waals surface area contributed by atoms with Gasteiger partial charge in [-0.1, -0.05) is 0 Å². The molecule has 0 bridgehead atoms. The van der Waals surface area contributed by atoms with Gasteiger partial charge in [-0.25, -0.2) is 0 Å². The van der Waals surface area contributed by atoms with E-state index in [4.69, 9.17) is 0 Å². The second-order valence-electron chi connectivity index (χ2n) is 0. The summed E-state index contributed by atoms with van der Waals surface area (Å²) in [6.07, 6.45) is 0. The van der Waals surface area contributed by atoms with E-state index < -0.39 is 0 Å². The molecule has 0 fully saturated rings. The third kappa shape index (κ3) is 9.26. The third-order valence-corrected chi connectivity index (χ3v) is 0. The average molecular weight is 212 g/mol. The monoisotopic (exact) mass is 212 g/mol. The van der Waals surface area contributed by atoms with Crippen LogP contribution in [0.2, 0.25) is 0 Å². The van der Waals surface area contributed by atoms with Crippen LogP contribution in [0.4, 0.5) is 0 Å². The van der Waals surface area contributed by atoms with Crippen molar-refractivity contribution in [3.8, 4) is 0 Å². The number of thiol groups is 1. The first kappa shape index (κ1) is 17.2. The van der Waals surface area contributed by atoms with E-state index in [1.165, 1.54) is 0 Å². The van der Waals surface area contributed by atoms with Gasteiger partial charge in [0.05, 0.1) is 0 Å². The van der Waals surface area contributed by atoms with Crippen molar-refractivity contribution < 1.29 is 0 Å². The summed E-state index contributed by atoms with van der Waals surface area (Å²) in [5.74, 6) is 0. The first-order chi connectivity index (χ1) is 1.00. The van der Waals surface area contributed by atoms with Gasteiger partial charge in [0.2, 0.25) is 0 Å². The Hall–Kier alpha value is 1.75. The standard InChI is InChI=1S/Ga.GeH3.H2S.S.H/h;1H3;1H2;;/q;+1;;;/p-1. The first-order valence-corrected chi connectivity index (χ1v) is 4.50. The van der Waals surface area contributed by atoms with Gasteiger partial charge >= 0.3 is 44.5 Å². The van der Waals surface area contributed by atoms with Crippen LogP contribution in [0.15, 0.2) is 0 Å². The Kier molecular flexibility index (Phi) is 93.6. The van der Waals surface area contributed by atoms with E-state index in [1.807, 2.05) is 0 Å².